The number of nitrogens with one attached hydrogen (secondary N) is 1. The minimum absolute atomic E-state index is 0.317. The second kappa shape index (κ2) is 9.84. The molecule has 3 aromatic carbocycles. The fraction of sp³-hybridized carbons (Fsp3) is 0.148. The minimum atomic E-state index is -0.317. The van der Waals surface area contributed by atoms with Crippen LogP contribution in [-0.2, 0) is 4.79 Å². The van der Waals surface area contributed by atoms with Crippen molar-refractivity contribution in [1.29, 1.82) is 0 Å². The molecule has 0 bridgehead atoms. The fourth-order valence-electron chi connectivity index (χ4n) is 3.95. The van der Waals surface area contributed by atoms with E-state index < -0.39 is 0 Å². The molecule has 1 aromatic heterocycles. The van der Waals surface area contributed by atoms with E-state index in [9.17, 15) is 4.79 Å². The average Bonchev–Trinajstić information content (AvgIpc) is 3.24. The number of fused-ring (bicyclic) bond motifs is 1. The third-order valence-electron chi connectivity index (χ3n) is 5.60. The van der Waals surface area contributed by atoms with Crippen LogP contribution in [0.25, 0.3) is 27.7 Å². The molecule has 0 saturated carbocycles. The van der Waals surface area contributed by atoms with Crippen LogP contribution in [0.4, 0.5) is 5.69 Å². The summed E-state index contributed by atoms with van der Waals surface area (Å²) in [5.41, 5.74) is 5.49. The highest BCUT2D eigenvalue weighted by Crippen LogP contribution is 2.40. The zero-order valence-corrected chi connectivity index (χ0v) is 20.7. The summed E-state index contributed by atoms with van der Waals surface area (Å²) in [6.07, 6.45) is 3.24. The number of halogens is 2. The van der Waals surface area contributed by atoms with Gasteiger partial charge < -0.3 is 19.2 Å². The van der Waals surface area contributed by atoms with Crippen LogP contribution in [0.1, 0.15) is 18.1 Å². The fourth-order valence-corrected chi connectivity index (χ4v) is 4.24. The number of furan rings is 1. The standard InChI is InChI=1S/C27H23Cl2NO4/c1-15(11-25(31)30-23-12-19(29)9-10-24(23)32-3)20-13-21-22(17-5-7-18(28)8-6-17)14-34-27(21)16(2)26(20)33-4/h5-14H,1-4H3,(H,30,31)/b15-11+. The van der Waals surface area contributed by atoms with Gasteiger partial charge in [0.1, 0.15) is 17.1 Å². The highest BCUT2D eigenvalue weighted by Gasteiger charge is 2.19. The Morgan fingerprint density at radius 3 is 2.38 bits per heavy atom. The van der Waals surface area contributed by atoms with Crippen molar-refractivity contribution in [2.24, 2.45) is 0 Å². The number of carbonyl (C=O) groups excluding carboxylic acids is 1. The number of anilines is 1. The summed E-state index contributed by atoms with van der Waals surface area (Å²) in [5, 5.41) is 4.91. The van der Waals surface area contributed by atoms with Crippen molar-refractivity contribution in [2.75, 3.05) is 19.5 Å². The van der Waals surface area contributed by atoms with Crippen molar-refractivity contribution in [3.05, 3.63) is 82.0 Å². The summed E-state index contributed by atoms with van der Waals surface area (Å²) in [6, 6.07) is 14.6. The lowest BCUT2D eigenvalue weighted by Crippen LogP contribution is -2.10. The molecule has 0 aliphatic carbocycles. The molecule has 0 unspecified atom stereocenters. The number of hydrogen-bond acceptors (Lipinski definition) is 4. The number of methoxy groups -OCH3 is 2. The Hall–Kier alpha value is -3.41. The first-order valence-corrected chi connectivity index (χ1v) is 11.3. The van der Waals surface area contributed by atoms with Crippen LogP contribution in [0, 0.1) is 6.92 Å². The lowest BCUT2D eigenvalue weighted by molar-refractivity contribution is -0.111. The van der Waals surface area contributed by atoms with Gasteiger partial charge in [-0.2, -0.15) is 0 Å². The van der Waals surface area contributed by atoms with Gasteiger partial charge >= 0.3 is 0 Å². The number of ether oxygens (including phenoxy) is 2. The summed E-state index contributed by atoms with van der Waals surface area (Å²) in [6.45, 7) is 3.80. The van der Waals surface area contributed by atoms with E-state index >= 15 is 0 Å². The molecule has 0 radical (unpaired) electrons. The summed E-state index contributed by atoms with van der Waals surface area (Å²) < 4.78 is 16.9. The molecular weight excluding hydrogens is 473 g/mol. The molecule has 0 atom stereocenters. The average molecular weight is 496 g/mol. The third-order valence-corrected chi connectivity index (χ3v) is 6.08. The Labute approximate surface area is 207 Å². The number of carbonyl (C=O) groups is 1. The van der Waals surface area contributed by atoms with Gasteiger partial charge in [-0.15, -0.1) is 0 Å². The van der Waals surface area contributed by atoms with Crippen molar-refractivity contribution < 1.29 is 18.7 Å². The molecule has 1 amide bonds. The highest BCUT2D eigenvalue weighted by molar-refractivity contribution is 6.31. The van der Waals surface area contributed by atoms with Gasteiger partial charge in [-0.1, -0.05) is 35.3 Å². The Bertz CT molecular complexity index is 1400. The van der Waals surface area contributed by atoms with E-state index in [1.165, 1.54) is 13.2 Å². The number of rotatable bonds is 6. The quantitative estimate of drug-likeness (QED) is 0.277. The number of hydrogen-bond donors (Lipinski definition) is 1. The van der Waals surface area contributed by atoms with E-state index in [1.54, 1.807) is 31.6 Å². The van der Waals surface area contributed by atoms with Crippen molar-refractivity contribution in [1.82, 2.24) is 0 Å². The topological polar surface area (TPSA) is 60.7 Å². The van der Waals surface area contributed by atoms with Gasteiger partial charge in [-0.3, -0.25) is 4.79 Å². The van der Waals surface area contributed by atoms with E-state index in [2.05, 4.69) is 5.32 Å². The largest absolute Gasteiger partial charge is 0.496 e. The molecule has 174 valence electrons. The molecule has 1 heterocycles. The number of benzene rings is 3. The molecule has 34 heavy (non-hydrogen) atoms. The van der Waals surface area contributed by atoms with Crippen molar-refractivity contribution >= 4 is 51.3 Å². The van der Waals surface area contributed by atoms with Gasteiger partial charge in [-0.05, 0) is 61.4 Å². The number of allylic oxidation sites excluding steroid dienone is 1. The van der Waals surface area contributed by atoms with Crippen LogP contribution in [0.3, 0.4) is 0 Å². The summed E-state index contributed by atoms with van der Waals surface area (Å²) >= 11 is 12.1. The molecule has 0 saturated heterocycles. The molecule has 0 aliphatic heterocycles. The highest BCUT2D eigenvalue weighted by atomic mass is 35.5. The lowest BCUT2D eigenvalue weighted by atomic mass is 9.96. The second-order valence-corrected chi connectivity index (χ2v) is 8.65. The smallest absolute Gasteiger partial charge is 0.248 e. The summed E-state index contributed by atoms with van der Waals surface area (Å²) in [4.78, 5) is 12.8. The maximum Gasteiger partial charge on any atom is 0.248 e. The van der Waals surface area contributed by atoms with Gasteiger partial charge in [0, 0.05) is 38.2 Å². The Balaban J connectivity index is 1.76. The summed E-state index contributed by atoms with van der Waals surface area (Å²) in [7, 11) is 3.14. The van der Waals surface area contributed by atoms with Crippen LogP contribution in [0.2, 0.25) is 10.0 Å². The predicted octanol–water partition coefficient (Wildman–Crippen LogP) is 7.77. The minimum Gasteiger partial charge on any atom is -0.496 e. The van der Waals surface area contributed by atoms with Crippen LogP contribution >= 0.6 is 23.2 Å². The molecule has 7 heteroatoms. The van der Waals surface area contributed by atoms with Crippen molar-refractivity contribution in [3.63, 3.8) is 0 Å². The van der Waals surface area contributed by atoms with Crippen LogP contribution < -0.4 is 14.8 Å². The van der Waals surface area contributed by atoms with E-state index in [-0.39, 0.29) is 5.91 Å². The first-order valence-electron chi connectivity index (χ1n) is 10.5. The molecule has 4 aromatic rings. The van der Waals surface area contributed by atoms with E-state index in [0.29, 0.717) is 27.2 Å². The molecule has 1 N–H and O–H groups in total. The van der Waals surface area contributed by atoms with Gasteiger partial charge in [0.15, 0.2) is 0 Å². The van der Waals surface area contributed by atoms with E-state index in [1.807, 2.05) is 44.2 Å². The Kier molecular flexibility index (Phi) is 6.87. The van der Waals surface area contributed by atoms with Crippen LogP contribution in [0.5, 0.6) is 11.5 Å². The van der Waals surface area contributed by atoms with Crippen molar-refractivity contribution in [3.8, 4) is 22.6 Å². The molecule has 4 rings (SSSR count). The van der Waals surface area contributed by atoms with Gasteiger partial charge in [0.05, 0.1) is 26.2 Å². The number of amides is 1. The zero-order valence-electron chi connectivity index (χ0n) is 19.2. The first kappa shape index (κ1) is 23.7. The van der Waals surface area contributed by atoms with Crippen LogP contribution in [0.15, 0.2) is 65.3 Å². The van der Waals surface area contributed by atoms with Gasteiger partial charge in [0.25, 0.3) is 0 Å². The Morgan fingerprint density at radius 2 is 1.71 bits per heavy atom. The normalized spacial score (nSPS) is 11.5. The van der Waals surface area contributed by atoms with Gasteiger partial charge in [0.2, 0.25) is 5.91 Å². The molecular formula is C27H23Cl2NO4. The lowest BCUT2D eigenvalue weighted by Gasteiger charge is -2.14. The van der Waals surface area contributed by atoms with E-state index in [0.717, 1.165) is 38.8 Å². The molecule has 0 spiro atoms. The zero-order chi connectivity index (χ0) is 24.4. The SMILES string of the molecule is COc1ccc(Cl)cc1NC(=O)/C=C(\C)c1cc2c(-c3ccc(Cl)cc3)coc2c(C)c1OC. The number of aryl methyl sites for hydroxylation is 1. The monoisotopic (exact) mass is 495 g/mol. The van der Waals surface area contributed by atoms with Crippen LogP contribution in [-0.4, -0.2) is 20.1 Å². The maximum atomic E-state index is 12.8. The Morgan fingerprint density at radius 1 is 1.00 bits per heavy atom. The maximum absolute atomic E-state index is 12.8. The first-order chi connectivity index (χ1) is 16.3. The van der Waals surface area contributed by atoms with Crippen molar-refractivity contribution in [2.45, 2.75) is 13.8 Å². The van der Waals surface area contributed by atoms with Gasteiger partial charge in [-0.25, -0.2) is 0 Å². The molecule has 5 nitrogen and oxygen atoms in total. The summed E-state index contributed by atoms with van der Waals surface area (Å²) in [5.74, 6) is 0.846. The third kappa shape index (κ3) is 4.63. The second-order valence-electron chi connectivity index (χ2n) is 7.78. The molecule has 0 fully saturated rings. The predicted molar refractivity (Wildman–Crippen MR) is 138 cm³/mol. The molecule has 0 aliphatic rings. The van der Waals surface area contributed by atoms with E-state index in [4.69, 9.17) is 37.1 Å².